The number of anilines is 1. The van der Waals surface area contributed by atoms with Gasteiger partial charge in [0.15, 0.2) is 0 Å². The molecule has 3 heterocycles. The minimum absolute atomic E-state index is 0.0348. The van der Waals surface area contributed by atoms with Gasteiger partial charge in [0, 0.05) is 43.8 Å². The molecule has 0 bridgehead atoms. The van der Waals surface area contributed by atoms with Gasteiger partial charge in [-0.05, 0) is 29.5 Å². The molecule has 0 aliphatic carbocycles. The highest BCUT2D eigenvalue weighted by Crippen LogP contribution is 2.21. The standard InChI is InChI=1S/C25H33N5O2/c1-18(20-7-5-19(6-8-20)16-29-11-13-32-14-12-29)27-24-26-15-21-9-10-22(31)30(23(21)28-24)17-25(2,3)4/h5-10,15,18H,11-14,16-17H2,1-4H3,(H,26,27,28)/t18-/m0/s1. The molecule has 1 aromatic carbocycles. The Balaban J connectivity index is 1.50. The molecule has 7 nitrogen and oxygen atoms in total. The topological polar surface area (TPSA) is 72.3 Å². The van der Waals surface area contributed by atoms with Gasteiger partial charge in [0.1, 0.15) is 5.65 Å². The molecule has 2 aromatic heterocycles. The molecule has 1 saturated heterocycles. The predicted molar refractivity (Wildman–Crippen MR) is 128 cm³/mol. The van der Waals surface area contributed by atoms with Crippen molar-refractivity contribution in [2.45, 2.75) is 46.8 Å². The van der Waals surface area contributed by atoms with E-state index in [9.17, 15) is 4.79 Å². The third-order valence-corrected chi connectivity index (χ3v) is 5.69. The molecule has 1 N–H and O–H groups in total. The molecule has 0 spiro atoms. The van der Waals surface area contributed by atoms with Crippen molar-refractivity contribution in [1.82, 2.24) is 19.4 Å². The second kappa shape index (κ2) is 9.38. The highest BCUT2D eigenvalue weighted by molar-refractivity contribution is 5.75. The first-order valence-electron chi connectivity index (χ1n) is 11.3. The molecular weight excluding hydrogens is 402 g/mol. The molecule has 170 valence electrons. The van der Waals surface area contributed by atoms with Crippen LogP contribution in [0.15, 0.2) is 47.4 Å². The van der Waals surface area contributed by atoms with Crippen molar-refractivity contribution in [2.24, 2.45) is 5.41 Å². The molecule has 0 saturated carbocycles. The van der Waals surface area contributed by atoms with Crippen LogP contribution in [0.5, 0.6) is 0 Å². The normalized spacial score (nSPS) is 16.2. The summed E-state index contributed by atoms with van der Waals surface area (Å²) in [7, 11) is 0. The minimum atomic E-state index is -0.0408. The molecule has 0 radical (unpaired) electrons. The zero-order chi connectivity index (χ0) is 22.7. The van der Waals surface area contributed by atoms with Gasteiger partial charge in [-0.15, -0.1) is 0 Å². The Bertz CT molecular complexity index is 1110. The summed E-state index contributed by atoms with van der Waals surface area (Å²) in [6.45, 7) is 13.6. The van der Waals surface area contributed by atoms with E-state index >= 15 is 0 Å². The van der Waals surface area contributed by atoms with Gasteiger partial charge in [0.25, 0.3) is 5.56 Å². The smallest absolute Gasteiger partial charge is 0.252 e. The summed E-state index contributed by atoms with van der Waals surface area (Å²) in [5, 5.41) is 4.26. The van der Waals surface area contributed by atoms with Crippen molar-refractivity contribution in [3.05, 3.63) is 64.1 Å². The fourth-order valence-electron chi connectivity index (χ4n) is 3.97. The third kappa shape index (κ3) is 5.53. The molecule has 1 fully saturated rings. The Morgan fingerprint density at radius 1 is 1.09 bits per heavy atom. The Morgan fingerprint density at radius 2 is 1.81 bits per heavy atom. The van der Waals surface area contributed by atoms with Crippen LogP contribution in [0.4, 0.5) is 5.95 Å². The van der Waals surface area contributed by atoms with Gasteiger partial charge in [-0.1, -0.05) is 45.0 Å². The number of hydrogen-bond donors (Lipinski definition) is 1. The zero-order valence-corrected chi connectivity index (χ0v) is 19.5. The molecule has 3 aromatic rings. The van der Waals surface area contributed by atoms with Crippen molar-refractivity contribution in [2.75, 3.05) is 31.6 Å². The van der Waals surface area contributed by atoms with Crippen LogP contribution in [0.1, 0.15) is 44.9 Å². The molecule has 1 aliphatic rings. The summed E-state index contributed by atoms with van der Waals surface area (Å²) in [6.07, 6.45) is 1.78. The number of aromatic nitrogens is 3. The van der Waals surface area contributed by atoms with Crippen molar-refractivity contribution in [1.29, 1.82) is 0 Å². The maximum Gasteiger partial charge on any atom is 0.252 e. The fraction of sp³-hybridized carbons (Fsp3) is 0.480. The van der Waals surface area contributed by atoms with Crippen LogP contribution in [-0.2, 0) is 17.8 Å². The highest BCUT2D eigenvalue weighted by atomic mass is 16.5. The maximum absolute atomic E-state index is 12.5. The quantitative estimate of drug-likeness (QED) is 0.634. The lowest BCUT2D eigenvalue weighted by molar-refractivity contribution is 0.0342. The van der Waals surface area contributed by atoms with Crippen LogP contribution in [-0.4, -0.2) is 45.7 Å². The molecule has 0 unspecified atom stereocenters. The van der Waals surface area contributed by atoms with Gasteiger partial charge in [-0.2, -0.15) is 4.98 Å². The van der Waals surface area contributed by atoms with E-state index in [-0.39, 0.29) is 17.0 Å². The molecular formula is C25H33N5O2. The Morgan fingerprint density at radius 3 is 2.50 bits per heavy atom. The van der Waals surface area contributed by atoms with Crippen LogP contribution in [0.3, 0.4) is 0 Å². The van der Waals surface area contributed by atoms with Crippen LogP contribution in [0, 0.1) is 5.41 Å². The molecule has 32 heavy (non-hydrogen) atoms. The fourth-order valence-corrected chi connectivity index (χ4v) is 3.97. The molecule has 1 atom stereocenters. The summed E-state index contributed by atoms with van der Waals surface area (Å²) in [5.74, 6) is 0.524. The van der Waals surface area contributed by atoms with E-state index in [0.717, 1.165) is 38.2 Å². The number of hydrogen-bond acceptors (Lipinski definition) is 6. The first kappa shape index (κ1) is 22.4. The average Bonchev–Trinajstić information content (AvgIpc) is 2.76. The molecule has 7 heteroatoms. The summed E-state index contributed by atoms with van der Waals surface area (Å²) < 4.78 is 7.17. The van der Waals surface area contributed by atoms with Crippen LogP contribution in [0.25, 0.3) is 11.0 Å². The molecule has 1 aliphatic heterocycles. The maximum atomic E-state index is 12.5. The monoisotopic (exact) mass is 435 g/mol. The van der Waals surface area contributed by atoms with Gasteiger partial charge in [-0.3, -0.25) is 14.3 Å². The summed E-state index contributed by atoms with van der Waals surface area (Å²) in [6, 6.07) is 12.1. The predicted octanol–water partition coefficient (Wildman–Crippen LogP) is 3.84. The first-order valence-corrected chi connectivity index (χ1v) is 11.3. The summed E-state index contributed by atoms with van der Waals surface area (Å²) in [5.41, 5.74) is 3.06. The second-order valence-electron chi connectivity index (χ2n) is 9.79. The number of nitrogens with one attached hydrogen (secondary N) is 1. The van der Waals surface area contributed by atoms with Gasteiger partial charge in [0.2, 0.25) is 5.95 Å². The number of morpholine rings is 1. The zero-order valence-electron chi connectivity index (χ0n) is 19.5. The van der Waals surface area contributed by atoms with Crippen molar-refractivity contribution < 1.29 is 4.74 Å². The van der Waals surface area contributed by atoms with Crippen molar-refractivity contribution >= 4 is 17.0 Å². The van der Waals surface area contributed by atoms with Crippen LogP contribution < -0.4 is 10.9 Å². The van der Waals surface area contributed by atoms with Crippen LogP contribution in [0.2, 0.25) is 0 Å². The number of benzene rings is 1. The molecule has 4 rings (SSSR count). The van der Waals surface area contributed by atoms with E-state index in [4.69, 9.17) is 9.72 Å². The van der Waals surface area contributed by atoms with E-state index < -0.39 is 0 Å². The number of nitrogens with zero attached hydrogens (tertiary/aromatic N) is 4. The van der Waals surface area contributed by atoms with E-state index in [1.165, 1.54) is 11.1 Å². The van der Waals surface area contributed by atoms with Gasteiger partial charge in [0.05, 0.1) is 19.3 Å². The third-order valence-electron chi connectivity index (χ3n) is 5.69. The Kier molecular flexibility index (Phi) is 6.58. The van der Waals surface area contributed by atoms with Gasteiger partial charge < -0.3 is 10.1 Å². The SMILES string of the molecule is C[C@H](Nc1ncc2ccc(=O)n(CC(C)(C)C)c2n1)c1ccc(CN2CCOCC2)cc1. The van der Waals surface area contributed by atoms with E-state index in [1.807, 2.05) is 0 Å². The summed E-state index contributed by atoms with van der Waals surface area (Å²) >= 11 is 0. The lowest BCUT2D eigenvalue weighted by atomic mass is 9.97. The number of ether oxygens (including phenoxy) is 1. The largest absolute Gasteiger partial charge is 0.379 e. The van der Waals surface area contributed by atoms with E-state index in [2.05, 4.69) is 67.2 Å². The van der Waals surface area contributed by atoms with Gasteiger partial charge in [-0.25, -0.2) is 4.98 Å². The van der Waals surface area contributed by atoms with E-state index in [1.54, 1.807) is 22.9 Å². The highest BCUT2D eigenvalue weighted by Gasteiger charge is 2.16. The first-order chi connectivity index (χ1) is 15.3. The molecule has 0 amide bonds. The Hall–Kier alpha value is -2.77. The van der Waals surface area contributed by atoms with Crippen LogP contribution >= 0.6 is 0 Å². The number of fused-ring (bicyclic) bond motifs is 1. The minimum Gasteiger partial charge on any atom is -0.379 e. The van der Waals surface area contributed by atoms with E-state index in [0.29, 0.717) is 18.1 Å². The second-order valence-corrected chi connectivity index (χ2v) is 9.79. The number of rotatable bonds is 6. The van der Waals surface area contributed by atoms with Gasteiger partial charge >= 0.3 is 0 Å². The van der Waals surface area contributed by atoms with Crippen molar-refractivity contribution in [3.63, 3.8) is 0 Å². The average molecular weight is 436 g/mol. The Labute approximate surface area is 189 Å². The van der Waals surface area contributed by atoms with Crippen molar-refractivity contribution in [3.8, 4) is 0 Å². The lowest BCUT2D eigenvalue weighted by Crippen LogP contribution is -2.35. The number of pyridine rings is 1. The summed E-state index contributed by atoms with van der Waals surface area (Å²) in [4.78, 5) is 24.1. The lowest BCUT2D eigenvalue weighted by Gasteiger charge is -2.26.